The van der Waals surface area contributed by atoms with Crippen molar-refractivity contribution in [1.82, 2.24) is 0 Å². The molecule has 190 valence electrons. The van der Waals surface area contributed by atoms with Gasteiger partial charge in [0.2, 0.25) is 0 Å². The van der Waals surface area contributed by atoms with Crippen LogP contribution in [0.5, 0.6) is 0 Å². The van der Waals surface area contributed by atoms with Crippen molar-refractivity contribution in [2.45, 2.75) is 50.0 Å². The third kappa shape index (κ3) is 27.1. The molecule has 0 aromatic rings. The minimum Gasteiger partial charge on any atom is -0.481 e. The van der Waals surface area contributed by atoms with Crippen LogP contribution in [0.25, 0.3) is 0 Å². The van der Waals surface area contributed by atoms with Gasteiger partial charge in [0.25, 0.3) is 0 Å². The molecule has 5 atom stereocenters. The molecule has 17 nitrogen and oxygen atoms in total. The minimum absolute atomic E-state index is 0.0231. The van der Waals surface area contributed by atoms with Gasteiger partial charge in [0, 0.05) is 6.42 Å². The average molecular weight is 476 g/mol. The highest BCUT2D eigenvalue weighted by atomic mass is 16.4. The summed E-state index contributed by atoms with van der Waals surface area (Å²) in [4.78, 5) is 49.0. The number of rotatable bonds is 10. The van der Waals surface area contributed by atoms with Crippen molar-refractivity contribution in [3.05, 3.63) is 0 Å². The van der Waals surface area contributed by atoms with Crippen LogP contribution in [0.2, 0.25) is 0 Å². The number of carboxylic acid groups (broad SMARTS) is 5. The highest BCUT2D eigenvalue weighted by Gasteiger charge is 2.16. The topological polar surface area (TPSA) is 351 Å². The standard InChI is InChI=1S/C5H9NO4.C4H9NO3.2C3H7NO3/c6-3(5(9)10)1-2-4(7)8;1-2(6)3(5)4(7)8;2*4-2(1-5)3(6)7/h3H,1-2,6H2,(H,7,8)(H,9,10);2-3,6H,5H2,1H3,(H,7,8);2*2,5H,1,4H2,(H,6,7). The zero-order chi connectivity index (χ0) is 26.6. The number of hydrogen-bond donors (Lipinski definition) is 12. The van der Waals surface area contributed by atoms with E-state index >= 15 is 0 Å². The van der Waals surface area contributed by atoms with E-state index in [1.165, 1.54) is 6.92 Å². The van der Waals surface area contributed by atoms with E-state index in [1.54, 1.807) is 0 Å². The van der Waals surface area contributed by atoms with E-state index in [0.29, 0.717) is 0 Å². The number of aliphatic hydroxyl groups excluding tert-OH is 3. The van der Waals surface area contributed by atoms with Crippen LogP contribution < -0.4 is 22.9 Å². The van der Waals surface area contributed by atoms with Gasteiger partial charge in [-0.15, -0.1) is 0 Å². The first-order valence-corrected chi connectivity index (χ1v) is 8.51. The summed E-state index contributed by atoms with van der Waals surface area (Å²) in [6.07, 6.45) is -1.20. The summed E-state index contributed by atoms with van der Waals surface area (Å²) in [5, 5.41) is 64.6. The molecule has 0 amide bonds. The third-order valence-electron chi connectivity index (χ3n) is 2.82. The molecule has 0 bridgehead atoms. The van der Waals surface area contributed by atoms with Gasteiger partial charge in [-0.1, -0.05) is 0 Å². The quantitative estimate of drug-likeness (QED) is 0.140. The Morgan fingerprint density at radius 1 is 0.656 bits per heavy atom. The molecule has 32 heavy (non-hydrogen) atoms. The Morgan fingerprint density at radius 2 is 0.969 bits per heavy atom. The maximum absolute atomic E-state index is 9.99. The van der Waals surface area contributed by atoms with E-state index < -0.39 is 73.3 Å². The summed E-state index contributed by atoms with van der Waals surface area (Å²) in [6.45, 7) is 0.323. The summed E-state index contributed by atoms with van der Waals surface area (Å²) in [6, 6.07) is -4.47. The molecule has 0 heterocycles. The molecule has 17 heteroatoms. The van der Waals surface area contributed by atoms with Crippen LogP contribution in [0, 0.1) is 0 Å². The lowest BCUT2D eigenvalue weighted by atomic mass is 10.2. The predicted octanol–water partition coefficient (Wildman–Crippen LogP) is -5.18. The van der Waals surface area contributed by atoms with E-state index in [-0.39, 0.29) is 12.8 Å². The summed E-state index contributed by atoms with van der Waals surface area (Å²) in [5.41, 5.74) is 19.4. The Balaban J connectivity index is -0.000000165. The lowest BCUT2D eigenvalue weighted by Gasteiger charge is -2.06. The van der Waals surface area contributed by atoms with E-state index in [2.05, 4.69) is 0 Å². The zero-order valence-electron chi connectivity index (χ0n) is 17.1. The molecular weight excluding hydrogens is 444 g/mol. The normalized spacial score (nSPS) is 14.1. The van der Waals surface area contributed by atoms with Gasteiger partial charge >= 0.3 is 29.8 Å². The molecule has 0 rings (SSSR count). The van der Waals surface area contributed by atoms with Crippen molar-refractivity contribution >= 4 is 29.8 Å². The fraction of sp³-hybridized carbons (Fsp3) is 0.667. The van der Waals surface area contributed by atoms with Crippen LogP contribution in [0.3, 0.4) is 0 Å². The molecule has 0 aromatic heterocycles. The number of carbonyl (C=O) groups is 5. The van der Waals surface area contributed by atoms with Crippen LogP contribution in [0.4, 0.5) is 0 Å². The first kappa shape index (κ1) is 36.4. The molecule has 0 saturated carbocycles. The Kier molecular flexibility index (Phi) is 24.3. The first-order chi connectivity index (χ1) is 14.5. The van der Waals surface area contributed by atoms with Gasteiger partial charge in [0.1, 0.15) is 24.2 Å². The lowest BCUT2D eigenvalue weighted by molar-refractivity contribution is -0.141. The monoisotopic (exact) mass is 476 g/mol. The van der Waals surface area contributed by atoms with Crippen molar-refractivity contribution < 1.29 is 64.8 Å². The van der Waals surface area contributed by atoms with Crippen molar-refractivity contribution in [2.75, 3.05) is 13.2 Å². The number of aliphatic hydroxyl groups is 3. The largest absolute Gasteiger partial charge is 0.481 e. The number of carboxylic acids is 5. The van der Waals surface area contributed by atoms with Gasteiger partial charge in [0.15, 0.2) is 0 Å². The molecule has 0 aliphatic carbocycles. The number of nitrogens with two attached hydrogens (primary N) is 4. The highest BCUT2D eigenvalue weighted by Crippen LogP contribution is 1.93. The number of aliphatic carboxylic acids is 5. The Bertz CT molecular complexity index is 554. The molecule has 16 N–H and O–H groups in total. The second-order valence-electron chi connectivity index (χ2n) is 5.74. The van der Waals surface area contributed by atoms with Crippen LogP contribution >= 0.6 is 0 Å². The van der Waals surface area contributed by atoms with Gasteiger partial charge in [0.05, 0.1) is 19.3 Å². The van der Waals surface area contributed by atoms with Gasteiger partial charge in [-0.3, -0.25) is 24.0 Å². The highest BCUT2D eigenvalue weighted by molar-refractivity contribution is 5.75. The Hall–Kier alpha value is -2.93. The van der Waals surface area contributed by atoms with E-state index in [4.69, 9.17) is 63.8 Å². The molecule has 0 aliphatic heterocycles. The average Bonchev–Trinajstić information content (AvgIpc) is 2.70. The zero-order valence-corrected chi connectivity index (χ0v) is 17.1. The maximum Gasteiger partial charge on any atom is 0.323 e. The van der Waals surface area contributed by atoms with Gasteiger partial charge < -0.3 is 63.8 Å². The third-order valence-corrected chi connectivity index (χ3v) is 2.82. The molecule has 0 fully saturated rings. The minimum atomic E-state index is -1.18. The first-order valence-electron chi connectivity index (χ1n) is 8.51. The van der Waals surface area contributed by atoms with Gasteiger partial charge in [-0.2, -0.15) is 0 Å². The second kappa shape index (κ2) is 21.3. The molecule has 5 unspecified atom stereocenters. The summed E-state index contributed by atoms with van der Waals surface area (Å²) in [7, 11) is 0. The van der Waals surface area contributed by atoms with Crippen LogP contribution in [0.1, 0.15) is 19.8 Å². The summed E-state index contributed by atoms with van der Waals surface area (Å²) < 4.78 is 0. The fourth-order valence-electron chi connectivity index (χ4n) is 0.765. The molecule has 0 aromatic carbocycles. The molecular formula is C15H32N4O13. The Labute approximate surface area is 181 Å². The lowest BCUT2D eigenvalue weighted by Crippen LogP contribution is -2.39. The summed E-state index contributed by atoms with van der Waals surface area (Å²) >= 11 is 0. The van der Waals surface area contributed by atoms with Crippen LogP contribution in [-0.2, 0) is 24.0 Å². The maximum atomic E-state index is 9.99. The summed E-state index contributed by atoms with van der Waals surface area (Å²) in [5.74, 6) is -5.73. The number of hydrogen-bond acceptors (Lipinski definition) is 12. The van der Waals surface area contributed by atoms with Crippen molar-refractivity contribution in [2.24, 2.45) is 22.9 Å². The van der Waals surface area contributed by atoms with Crippen LogP contribution in [0.15, 0.2) is 0 Å². The molecule has 0 spiro atoms. The van der Waals surface area contributed by atoms with Gasteiger partial charge in [-0.25, -0.2) is 0 Å². The molecule has 0 aliphatic rings. The van der Waals surface area contributed by atoms with Gasteiger partial charge in [-0.05, 0) is 13.3 Å². The smallest absolute Gasteiger partial charge is 0.323 e. The van der Waals surface area contributed by atoms with E-state index in [9.17, 15) is 24.0 Å². The van der Waals surface area contributed by atoms with E-state index in [1.807, 2.05) is 0 Å². The fourth-order valence-corrected chi connectivity index (χ4v) is 0.765. The van der Waals surface area contributed by atoms with E-state index in [0.717, 1.165) is 0 Å². The van der Waals surface area contributed by atoms with Crippen molar-refractivity contribution in [3.63, 3.8) is 0 Å². The van der Waals surface area contributed by atoms with Crippen molar-refractivity contribution in [1.29, 1.82) is 0 Å². The SMILES string of the molecule is CC(O)C(N)C(=O)O.NC(CCC(=O)O)C(=O)O.NC(CO)C(=O)O.NC(CO)C(=O)O. The molecule has 0 saturated heterocycles. The Morgan fingerprint density at radius 3 is 1.06 bits per heavy atom. The van der Waals surface area contributed by atoms with Crippen LogP contribution in [-0.4, -0.2) is 114 Å². The molecule has 0 radical (unpaired) electrons. The second-order valence-corrected chi connectivity index (χ2v) is 5.74. The van der Waals surface area contributed by atoms with Crippen molar-refractivity contribution in [3.8, 4) is 0 Å². The predicted molar refractivity (Wildman–Crippen MR) is 105 cm³/mol.